The molecular weight excluding hydrogens is 295 g/mol. The first-order valence-corrected chi connectivity index (χ1v) is 5.64. The van der Waals surface area contributed by atoms with Crippen LogP contribution in [0.3, 0.4) is 0 Å². The van der Waals surface area contributed by atoms with E-state index in [1.54, 1.807) is 6.20 Å². The minimum absolute atomic E-state index is 0.243. The molecule has 1 aliphatic rings. The molecule has 1 aromatic rings. The number of nitrogens with zero attached hydrogens (tertiary/aromatic N) is 2. The van der Waals surface area contributed by atoms with E-state index in [2.05, 4.69) is 32.6 Å². The third-order valence-corrected chi connectivity index (χ3v) is 2.82. The Balaban J connectivity index is 1.99. The zero-order valence-electron chi connectivity index (χ0n) is 7.65. The molecule has 0 atom stereocenters. The third kappa shape index (κ3) is 2.54. The maximum atomic E-state index is 5.75. The molecule has 1 saturated heterocycles. The predicted octanol–water partition coefficient (Wildman–Crippen LogP) is 1.64. The smallest absolute Gasteiger partial charge is 0.230 e. The molecule has 0 spiro atoms. The molecule has 0 N–H and O–H groups in total. The third-order valence-electron chi connectivity index (χ3n) is 2.08. The molecule has 2 rings (SSSR count). The number of halogens is 1. The topological polar surface area (TPSA) is 44.2 Å². The maximum Gasteiger partial charge on any atom is 0.230 e. The molecular formula is C9H11IN2O2. The molecule has 76 valence electrons. The quantitative estimate of drug-likeness (QED) is 0.779. The Morgan fingerprint density at radius 3 is 2.93 bits per heavy atom. The van der Waals surface area contributed by atoms with Gasteiger partial charge in [0.15, 0.2) is 0 Å². The van der Waals surface area contributed by atoms with Crippen molar-refractivity contribution in [3.05, 3.63) is 16.1 Å². The molecule has 0 saturated carbocycles. The Hall–Kier alpha value is -0.430. The van der Waals surface area contributed by atoms with Gasteiger partial charge in [-0.1, -0.05) is 0 Å². The van der Waals surface area contributed by atoms with Gasteiger partial charge in [-0.25, -0.2) is 9.97 Å². The second kappa shape index (κ2) is 4.88. The van der Waals surface area contributed by atoms with Crippen LogP contribution in [0.2, 0.25) is 0 Å². The van der Waals surface area contributed by atoms with Crippen molar-refractivity contribution in [3.63, 3.8) is 0 Å². The lowest BCUT2D eigenvalue weighted by atomic mass is 10.2. The molecule has 14 heavy (non-hydrogen) atoms. The van der Waals surface area contributed by atoms with E-state index in [4.69, 9.17) is 9.47 Å². The fourth-order valence-corrected chi connectivity index (χ4v) is 1.77. The van der Waals surface area contributed by atoms with Gasteiger partial charge in [-0.2, -0.15) is 0 Å². The molecule has 1 fully saturated rings. The van der Waals surface area contributed by atoms with Crippen LogP contribution in [0.4, 0.5) is 0 Å². The lowest BCUT2D eigenvalue weighted by molar-refractivity contribution is 0.0233. The summed E-state index contributed by atoms with van der Waals surface area (Å²) >= 11 is 2.18. The van der Waals surface area contributed by atoms with Gasteiger partial charge >= 0.3 is 0 Å². The van der Waals surface area contributed by atoms with Crippen molar-refractivity contribution in [1.29, 1.82) is 0 Å². The van der Waals surface area contributed by atoms with Gasteiger partial charge in [0, 0.05) is 19.0 Å². The number of aromatic nitrogens is 2. The summed E-state index contributed by atoms with van der Waals surface area (Å²) < 4.78 is 12.0. The molecule has 0 aliphatic carbocycles. The van der Waals surface area contributed by atoms with E-state index in [1.165, 1.54) is 6.33 Å². The van der Waals surface area contributed by atoms with Crippen LogP contribution in [0.15, 0.2) is 12.5 Å². The van der Waals surface area contributed by atoms with Crippen molar-refractivity contribution in [2.45, 2.75) is 18.9 Å². The summed E-state index contributed by atoms with van der Waals surface area (Å²) in [6.07, 6.45) is 5.39. The van der Waals surface area contributed by atoms with Gasteiger partial charge in [0.05, 0.1) is 16.8 Å². The fourth-order valence-electron chi connectivity index (χ4n) is 1.34. The average Bonchev–Trinajstić information content (AvgIpc) is 2.23. The first kappa shape index (κ1) is 10.1. The fraction of sp³-hybridized carbons (Fsp3) is 0.556. The van der Waals surface area contributed by atoms with Crippen LogP contribution < -0.4 is 4.74 Å². The van der Waals surface area contributed by atoms with Gasteiger partial charge in [0.2, 0.25) is 5.88 Å². The van der Waals surface area contributed by atoms with Crippen LogP contribution in [0.5, 0.6) is 5.88 Å². The highest BCUT2D eigenvalue weighted by atomic mass is 127. The van der Waals surface area contributed by atoms with Crippen LogP contribution in [-0.2, 0) is 4.74 Å². The molecule has 0 bridgehead atoms. The molecule has 2 heterocycles. The van der Waals surface area contributed by atoms with Crippen molar-refractivity contribution in [2.24, 2.45) is 0 Å². The lowest BCUT2D eigenvalue weighted by Crippen LogP contribution is -2.26. The highest BCUT2D eigenvalue weighted by molar-refractivity contribution is 14.1. The zero-order chi connectivity index (χ0) is 9.80. The summed E-state index contributed by atoms with van der Waals surface area (Å²) in [4.78, 5) is 8.01. The standard InChI is InChI=1S/C9H11IN2O2/c10-8-5-11-6-12-9(8)14-7-1-3-13-4-2-7/h5-7H,1-4H2. The second-order valence-corrected chi connectivity index (χ2v) is 4.27. The van der Waals surface area contributed by atoms with Gasteiger partial charge in [-0.3, -0.25) is 0 Å². The largest absolute Gasteiger partial charge is 0.473 e. The Labute approximate surface area is 96.2 Å². The van der Waals surface area contributed by atoms with Crippen LogP contribution in [0.25, 0.3) is 0 Å². The molecule has 1 aromatic heterocycles. The zero-order valence-corrected chi connectivity index (χ0v) is 9.81. The van der Waals surface area contributed by atoms with Gasteiger partial charge in [0.1, 0.15) is 12.4 Å². The van der Waals surface area contributed by atoms with Gasteiger partial charge in [-0.15, -0.1) is 0 Å². The predicted molar refractivity (Wildman–Crippen MR) is 59.2 cm³/mol. The van der Waals surface area contributed by atoms with E-state index < -0.39 is 0 Å². The highest BCUT2D eigenvalue weighted by Crippen LogP contribution is 2.20. The first-order valence-electron chi connectivity index (χ1n) is 4.56. The van der Waals surface area contributed by atoms with E-state index in [9.17, 15) is 0 Å². The number of ether oxygens (including phenoxy) is 2. The van der Waals surface area contributed by atoms with Gasteiger partial charge in [-0.05, 0) is 22.6 Å². The summed E-state index contributed by atoms with van der Waals surface area (Å²) in [6, 6.07) is 0. The summed E-state index contributed by atoms with van der Waals surface area (Å²) in [7, 11) is 0. The van der Waals surface area contributed by atoms with Crippen molar-refractivity contribution in [1.82, 2.24) is 9.97 Å². The molecule has 0 aromatic carbocycles. The van der Waals surface area contributed by atoms with E-state index in [0.29, 0.717) is 5.88 Å². The van der Waals surface area contributed by atoms with E-state index in [-0.39, 0.29) is 6.10 Å². The highest BCUT2D eigenvalue weighted by Gasteiger charge is 2.16. The SMILES string of the molecule is Ic1cncnc1OC1CCOCC1. The van der Waals surface area contributed by atoms with Crippen LogP contribution >= 0.6 is 22.6 Å². The minimum atomic E-state index is 0.243. The summed E-state index contributed by atoms with van der Waals surface area (Å²) in [6.45, 7) is 1.57. The molecule has 0 amide bonds. The number of rotatable bonds is 2. The van der Waals surface area contributed by atoms with Crippen LogP contribution in [-0.4, -0.2) is 29.3 Å². The summed E-state index contributed by atoms with van der Waals surface area (Å²) in [5.41, 5.74) is 0. The summed E-state index contributed by atoms with van der Waals surface area (Å²) in [5, 5.41) is 0. The number of hydrogen-bond donors (Lipinski definition) is 0. The van der Waals surface area contributed by atoms with E-state index in [1.807, 2.05) is 0 Å². The monoisotopic (exact) mass is 306 g/mol. The van der Waals surface area contributed by atoms with Crippen molar-refractivity contribution in [3.8, 4) is 5.88 Å². The number of hydrogen-bond acceptors (Lipinski definition) is 4. The Kier molecular flexibility index (Phi) is 3.52. The van der Waals surface area contributed by atoms with Crippen LogP contribution in [0.1, 0.15) is 12.8 Å². The molecule has 0 unspecified atom stereocenters. The summed E-state index contributed by atoms with van der Waals surface area (Å²) in [5.74, 6) is 0.688. The molecule has 4 nitrogen and oxygen atoms in total. The van der Waals surface area contributed by atoms with Crippen molar-refractivity contribution in [2.75, 3.05) is 13.2 Å². The Bertz CT molecular complexity index is 303. The van der Waals surface area contributed by atoms with E-state index in [0.717, 1.165) is 29.6 Å². The Morgan fingerprint density at radius 2 is 2.21 bits per heavy atom. The van der Waals surface area contributed by atoms with Gasteiger partial charge in [0.25, 0.3) is 0 Å². The van der Waals surface area contributed by atoms with Gasteiger partial charge < -0.3 is 9.47 Å². The van der Waals surface area contributed by atoms with E-state index >= 15 is 0 Å². The molecule has 0 radical (unpaired) electrons. The average molecular weight is 306 g/mol. The molecule has 5 heteroatoms. The molecule has 1 aliphatic heterocycles. The normalized spacial score (nSPS) is 18.1. The second-order valence-electron chi connectivity index (χ2n) is 3.11. The maximum absolute atomic E-state index is 5.75. The first-order chi connectivity index (χ1) is 6.86. The lowest BCUT2D eigenvalue weighted by Gasteiger charge is -2.22. The van der Waals surface area contributed by atoms with Crippen LogP contribution in [0, 0.1) is 3.57 Å². The van der Waals surface area contributed by atoms with Crippen molar-refractivity contribution >= 4 is 22.6 Å². The Morgan fingerprint density at radius 1 is 1.43 bits per heavy atom. The minimum Gasteiger partial charge on any atom is -0.473 e. The van der Waals surface area contributed by atoms with Crippen molar-refractivity contribution < 1.29 is 9.47 Å².